The van der Waals surface area contributed by atoms with Crippen LogP contribution in [-0.4, -0.2) is 0 Å². The van der Waals surface area contributed by atoms with Crippen molar-refractivity contribution in [2.45, 2.75) is 95.4 Å². The topological polar surface area (TPSA) is 0 Å². The van der Waals surface area contributed by atoms with Gasteiger partial charge in [0.05, 0.1) is 0 Å². The summed E-state index contributed by atoms with van der Waals surface area (Å²) in [7, 11) is 0. The zero-order valence-electron chi connectivity index (χ0n) is 27.5. The van der Waals surface area contributed by atoms with Crippen LogP contribution in [0.3, 0.4) is 0 Å². The predicted octanol–water partition coefficient (Wildman–Crippen LogP) is 12.3. The van der Waals surface area contributed by atoms with Crippen molar-refractivity contribution in [1.29, 1.82) is 0 Å². The second kappa shape index (κ2) is 9.97. The summed E-state index contributed by atoms with van der Waals surface area (Å²) < 4.78 is 0. The highest BCUT2D eigenvalue weighted by molar-refractivity contribution is 6.02. The molecule has 0 bridgehead atoms. The number of benzene rings is 2. The number of rotatable bonds is 2. The van der Waals surface area contributed by atoms with Gasteiger partial charge in [0.15, 0.2) is 0 Å². The van der Waals surface area contributed by atoms with Gasteiger partial charge in [-0.2, -0.15) is 0 Å². The van der Waals surface area contributed by atoms with Gasteiger partial charge in [0, 0.05) is 10.8 Å². The maximum absolute atomic E-state index is 4.85. The van der Waals surface area contributed by atoms with Crippen LogP contribution in [0, 0.1) is 29.1 Å². The summed E-state index contributed by atoms with van der Waals surface area (Å²) in [5.41, 5.74) is 16.7. The van der Waals surface area contributed by atoms with Gasteiger partial charge in [-0.1, -0.05) is 141 Å². The smallest absolute Gasteiger partial charge is 0.0218 e. The average molecular weight is 559 g/mol. The maximum Gasteiger partial charge on any atom is 0.0218 e. The Morgan fingerprint density at radius 1 is 0.952 bits per heavy atom. The standard InChI is InChI=1S/C41H50.CH4/c1-24(2)35-26(4)23-39(12)30(8)40(13)34(22-31-18-20-32(21-19-31)38(9,10)11)33-17-15-16-25(3)36(33)27(5)37(40)29(7)41(39,14)28(35)6;/h15-22,30H,1,5-6,23H2,2-4,7-14H3;1H4/b34-22+;/t30-,39-,40-,41+;/m0./s1. The Morgan fingerprint density at radius 2 is 1.55 bits per heavy atom. The molecule has 3 aliphatic carbocycles. The normalized spacial score (nSPS) is 30.1. The molecule has 2 aromatic rings. The van der Waals surface area contributed by atoms with E-state index in [9.17, 15) is 0 Å². The van der Waals surface area contributed by atoms with Gasteiger partial charge < -0.3 is 0 Å². The molecule has 0 saturated heterocycles. The van der Waals surface area contributed by atoms with Crippen molar-refractivity contribution >= 4 is 17.2 Å². The van der Waals surface area contributed by atoms with Crippen LogP contribution >= 0.6 is 0 Å². The zero-order chi connectivity index (χ0) is 30.4. The molecule has 0 spiro atoms. The van der Waals surface area contributed by atoms with Gasteiger partial charge in [-0.3, -0.25) is 0 Å². The van der Waals surface area contributed by atoms with E-state index in [0.717, 1.165) is 12.0 Å². The molecule has 0 radical (unpaired) electrons. The highest BCUT2D eigenvalue weighted by Crippen LogP contribution is 2.74. The lowest BCUT2D eigenvalue weighted by Gasteiger charge is -2.66. The average Bonchev–Trinajstić information content (AvgIpc) is 2.88. The Labute approximate surface area is 257 Å². The molecular formula is C42H54. The molecule has 0 unspecified atom stereocenters. The van der Waals surface area contributed by atoms with E-state index in [1.165, 1.54) is 66.8 Å². The minimum absolute atomic E-state index is 0. The van der Waals surface area contributed by atoms with Crippen LogP contribution in [-0.2, 0) is 5.41 Å². The highest BCUT2D eigenvalue weighted by atomic mass is 14.7. The zero-order valence-corrected chi connectivity index (χ0v) is 27.5. The van der Waals surface area contributed by atoms with Gasteiger partial charge in [-0.15, -0.1) is 0 Å². The monoisotopic (exact) mass is 558 g/mol. The van der Waals surface area contributed by atoms with Crippen LogP contribution < -0.4 is 0 Å². The number of fused-ring (bicyclic) bond motifs is 3. The lowest BCUT2D eigenvalue weighted by atomic mass is 9.37. The molecule has 0 amide bonds. The van der Waals surface area contributed by atoms with Crippen molar-refractivity contribution in [2.24, 2.45) is 22.2 Å². The number of hydrogen-bond acceptors (Lipinski definition) is 0. The molecular weight excluding hydrogens is 504 g/mol. The van der Waals surface area contributed by atoms with Crippen molar-refractivity contribution in [1.82, 2.24) is 0 Å². The van der Waals surface area contributed by atoms with Crippen molar-refractivity contribution < 1.29 is 0 Å². The molecule has 0 heteroatoms. The van der Waals surface area contributed by atoms with E-state index < -0.39 is 0 Å². The first kappa shape index (κ1) is 31.8. The van der Waals surface area contributed by atoms with Crippen molar-refractivity contribution in [2.75, 3.05) is 0 Å². The van der Waals surface area contributed by atoms with Gasteiger partial charge in [-0.25, -0.2) is 0 Å². The molecule has 0 nitrogen and oxygen atoms in total. The number of hydrogen-bond donors (Lipinski definition) is 0. The number of allylic oxidation sites excluding steroid dienone is 8. The van der Waals surface area contributed by atoms with E-state index in [4.69, 9.17) is 13.2 Å². The Kier molecular flexibility index (Phi) is 7.55. The number of aryl methyl sites for hydroxylation is 1. The van der Waals surface area contributed by atoms with Crippen molar-refractivity contribution in [3.8, 4) is 0 Å². The van der Waals surface area contributed by atoms with Gasteiger partial charge in [0.25, 0.3) is 0 Å². The van der Waals surface area contributed by atoms with Crippen LogP contribution in [0.4, 0.5) is 0 Å². The Hall–Kier alpha value is -3.12. The molecule has 0 aromatic heterocycles. The fourth-order valence-corrected chi connectivity index (χ4v) is 9.10. The molecule has 0 heterocycles. The molecule has 42 heavy (non-hydrogen) atoms. The van der Waals surface area contributed by atoms with Crippen molar-refractivity contribution in [3.63, 3.8) is 0 Å². The third-order valence-corrected chi connectivity index (χ3v) is 11.8. The minimum Gasteiger partial charge on any atom is -0.0955 e. The molecule has 0 saturated carbocycles. The minimum atomic E-state index is -0.208. The molecule has 5 rings (SSSR count). The van der Waals surface area contributed by atoms with E-state index in [-0.39, 0.29) is 29.1 Å². The van der Waals surface area contributed by atoms with Crippen LogP contribution in [0.5, 0.6) is 0 Å². The fourth-order valence-electron chi connectivity index (χ4n) is 9.10. The van der Waals surface area contributed by atoms with E-state index >= 15 is 0 Å². The van der Waals surface area contributed by atoms with Crippen molar-refractivity contribution in [3.05, 3.63) is 123 Å². The van der Waals surface area contributed by atoms with E-state index in [2.05, 4.69) is 131 Å². The molecule has 222 valence electrons. The molecule has 4 atom stereocenters. The van der Waals surface area contributed by atoms with Gasteiger partial charge in [-0.05, 0) is 107 Å². The van der Waals surface area contributed by atoms with Gasteiger partial charge in [0.1, 0.15) is 0 Å². The Bertz CT molecular complexity index is 1600. The second-order valence-electron chi connectivity index (χ2n) is 15.0. The lowest BCUT2D eigenvalue weighted by Crippen LogP contribution is -2.57. The largest absolute Gasteiger partial charge is 0.0955 e. The van der Waals surface area contributed by atoms with Gasteiger partial charge in [0.2, 0.25) is 0 Å². The van der Waals surface area contributed by atoms with Crippen LogP contribution in [0.1, 0.15) is 111 Å². The van der Waals surface area contributed by atoms with Crippen LogP contribution in [0.15, 0.2) is 95.6 Å². The first-order chi connectivity index (χ1) is 18.9. The predicted molar refractivity (Wildman–Crippen MR) is 187 cm³/mol. The third kappa shape index (κ3) is 4.00. The molecule has 0 N–H and O–H groups in total. The summed E-state index contributed by atoms with van der Waals surface area (Å²) in [5.74, 6) is 0.336. The van der Waals surface area contributed by atoms with Crippen LogP contribution in [0.25, 0.3) is 17.2 Å². The van der Waals surface area contributed by atoms with Gasteiger partial charge >= 0.3 is 0 Å². The lowest BCUT2D eigenvalue weighted by molar-refractivity contribution is 0.00638. The van der Waals surface area contributed by atoms with E-state index in [1.54, 1.807) is 0 Å². The molecule has 2 aromatic carbocycles. The maximum atomic E-state index is 4.85. The first-order valence-electron chi connectivity index (χ1n) is 15.3. The quantitative estimate of drug-likeness (QED) is 0.344. The summed E-state index contributed by atoms with van der Waals surface area (Å²) in [6.07, 6.45) is 3.51. The summed E-state index contributed by atoms with van der Waals surface area (Å²) in [6, 6.07) is 16.0. The fraction of sp³-hybridized carbons (Fsp3) is 0.429. The summed E-state index contributed by atoms with van der Waals surface area (Å²) in [6.45, 7) is 39.9. The van der Waals surface area contributed by atoms with Crippen LogP contribution in [0.2, 0.25) is 0 Å². The summed E-state index contributed by atoms with van der Waals surface area (Å²) >= 11 is 0. The highest BCUT2D eigenvalue weighted by Gasteiger charge is 2.64. The molecule has 0 aliphatic heterocycles. The molecule has 0 fully saturated rings. The summed E-state index contributed by atoms with van der Waals surface area (Å²) in [5, 5.41) is 0. The summed E-state index contributed by atoms with van der Waals surface area (Å²) in [4.78, 5) is 0. The Balaban J connectivity index is 0.00000405. The molecule has 3 aliphatic rings. The Morgan fingerprint density at radius 3 is 2.10 bits per heavy atom. The second-order valence-corrected chi connectivity index (χ2v) is 15.0. The third-order valence-electron chi connectivity index (χ3n) is 11.8. The first-order valence-corrected chi connectivity index (χ1v) is 15.3. The van der Waals surface area contributed by atoms with E-state index in [0.29, 0.717) is 5.92 Å². The van der Waals surface area contributed by atoms with E-state index in [1.807, 2.05) is 0 Å². The SMILES string of the molecule is C.C=C(C)C1=C(C)C[C@@]2(C)[C@H](C)[C@]3(C)C(=C(C)[C@@]2(C)C1=C)C(=C)c1c(C)cccc1/C3=C\c1ccc(C(C)(C)C)cc1.